The first-order chi connectivity index (χ1) is 16.4. The van der Waals surface area contributed by atoms with Crippen molar-refractivity contribution >= 4 is 17.7 Å². The minimum atomic E-state index is -0.616. The number of carbonyl (C=O) groups is 1. The van der Waals surface area contributed by atoms with E-state index >= 15 is 0 Å². The minimum Gasteiger partial charge on any atom is -0.368 e. The van der Waals surface area contributed by atoms with E-state index in [9.17, 15) is 9.18 Å². The lowest BCUT2D eigenvalue weighted by Gasteiger charge is -2.38. The van der Waals surface area contributed by atoms with Crippen LogP contribution in [0, 0.1) is 23.1 Å². The maximum absolute atomic E-state index is 14.2. The van der Waals surface area contributed by atoms with Crippen molar-refractivity contribution in [2.45, 2.75) is 38.8 Å². The molecule has 0 bridgehead atoms. The third kappa shape index (κ3) is 4.99. The molecule has 2 aromatic carbocycles. The number of hydrogen-bond donors (Lipinski definition) is 2. The Morgan fingerprint density at radius 3 is 2.68 bits per heavy atom. The third-order valence-corrected chi connectivity index (χ3v) is 6.32. The molecule has 1 fully saturated rings. The number of carbonyl (C=O) groups excluding carboxylic acids is 1. The number of nitrogen functional groups attached to an aromatic ring is 1. The maximum atomic E-state index is 14.2. The molecular weight excluding hydrogens is 431 g/mol. The molecule has 3 atom stereocenters. The van der Waals surface area contributed by atoms with E-state index in [0.29, 0.717) is 23.6 Å². The van der Waals surface area contributed by atoms with Crippen LogP contribution in [-0.2, 0) is 4.79 Å². The molecule has 34 heavy (non-hydrogen) atoms. The van der Waals surface area contributed by atoms with Crippen LogP contribution in [0.1, 0.15) is 43.9 Å². The highest BCUT2D eigenvalue weighted by Crippen LogP contribution is 2.30. The zero-order valence-electron chi connectivity index (χ0n) is 19.2. The number of nitrogens with zero attached hydrogens (tertiary/aromatic N) is 4. The first-order valence-electron chi connectivity index (χ1n) is 11.3. The van der Waals surface area contributed by atoms with Gasteiger partial charge < -0.3 is 16.0 Å². The van der Waals surface area contributed by atoms with Crippen LogP contribution in [0.2, 0.25) is 0 Å². The van der Waals surface area contributed by atoms with Gasteiger partial charge in [0.15, 0.2) is 0 Å². The number of piperidine rings is 1. The molecule has 1 amide bonds. The van der Waals surface area contributed by atoms with Gasteiger partial charge in [0.2, 0.25) is 11.9 Å². The van der Waals surface area contributed by atoms with Gasteiger partial charge in [-0.15, -0.1) is 0 Å². The van der Waals surface area contributed by atoms with Gasteiger partial charge in [0, 0.05) is 24.2 Å². The Balaban J connectivity index is 1.54. The minimum absolute atomic E-state index is 0.00432. The van der Waals surface area contributed by atoms with E-state index in [1.54, 1.807) is 12.1 Å². The summed E-state index contributed by atoms with van der Waals surface area (Å²) < 4.78 is 14.2. The van der Waals surface area contributed by atoms with Gasteiger partial charge in [0.1, 0.15) is 17.7 Å². The fraction of sp³-hybridized carbons (Fsp3) is 0.308. The molecule has 1 aliphatic rings. The Hall–Kier alpha value is -3.99. The fourth-order valence-electron chi connectivity index (χ4n) is 4.31. The standard InChI is InChI=1S/C26H27FN6O/c1-16-8-9-21(25(34)30-17(2)18-6-4-3-5-7-18)15-33(16)24-13-23(31-26(29)32-24)19-10-11-20(14-28)22(27)12-19/h3-7,10-13,16-17,21H,8-9,15H2,1-2H3,(H,30,34)(H2,29,31,32)/t16-,17+,21+/m1/s1. The van der Waals surface area contributed by atoms with Crippen LogP contribution in [0.15, 0.2) is 54.6 Å². The zero-order chi connectivity index (χ0) is 24.2. The van der Waals surface area contributed by atoms with E-state index in [1.165, 1.54) is 12.1 Å². The summed E-state index contributed by atoms with van der Waals surface area (Å²) in [6.45, 7) is 4.55. The number of benzene rings is 2. The van der Waals surface area contributed by atoms with Crippen LogP contribution >= 0.6 is 0 Å². The van der Waals surface area contributed by atoms with Gasteiger partial charge in [-0.05, 0) is 44.4 Å². The summed E-state index contributed by atoms with van der Waals surface area (Å²) in [6, 6.07) is 17.8. The SMILES string of the molecule is C[C@H](NC(=O)[C@H]1CC[C@@H](C)N(c2cc(-c3ccc(C#N)c(F)c3)nc(N)n2)C1)c1ccccc1. The van der Waals surface area contributed by atoms with Crippen molar-refractivity contribution in [1.29, 1.82) is 5.26 Å². The molecule has 0 unspecified atom stereocenters. The second-order valence-corrected chi connectivity index (χ2v) is 8.69. The van der Waals surface area contributed by atoms with Crippen molar-refractivity contribution in [3.63, 3.8) is 0 Å². The van der Waals surface area contributed by atoms with E-state index < -0.39 is 5.82 Å². The zero-order valence-corrected chi connectivity index (χ0v) is 19.2. The summed E-state index contributed by atoms with van der Waals surface area (Å²) in [5.74, 6) is -0.157. The molecule has 0 radical (unpaired) electrons. The monoisotopic (exact) mass is 458 g/mol. The van der Waals surface area contributed by atoms with E-state index in [2.05, 4.69) is 27.1 Å². The number of halogens is 1. The summed E-state index contributed by atoms with van der Waals surface area (Å²) in [5.41, 5.74) is 7.98. The number of hydrogen-bond acceptors (Lipinski definition) is 6. The van der Waals surface area contributed by atoms with Crippen LogP contribution in [0.5, 0.6) is 0 Å². The van der Waals surface area contributed by atoms with Gasteiger partial charge in [0.25, 0.3) is 0 Å². The van der Waals surface area contributed by atoms with Gasteiger partial charge in [-0.25, -0.2) is 9.37 Å². The van der Waals surface area contributed by atoms with Crippen LogP contribution in [-0.4, -0.2) is 28.5 Å². The quantitative estimate of drug-likeness (QED) is 0.593. The maximum Gasteiger partial charge on any atom is 0.225 e. The van der Waals surface area contributed by atoms with Crippen molar-refractivity contribution in [2.24, 2.45) is 5.92 Å². The van der Waals surface area contributed by atoms with Crippen molar-refractivity contribution < 1.29 is 9.18 Å². The summed E-state index contributed by atoms with van der Waals surface area (Å²) in [6.07, 6.45) is 1.60. The Labute approximate surface area is 198 Å². The number of nitrogens with one attached hydrogen (secondary N) is 1. The number of amides is 1. The van der Waals surface area contributed by atoms with Crippen LogP contribution in [0.4, 0.5) is 16.2 Å². The lowest BCUT2D eigenvalue weighted by Crippen LogP contribution is -2.47. The van der Waals surface area contributed by atoms with Crippen LogP contribution in [0.25, 0.3) is 11.3 Å². The summed E-state index contributed by atoms with van der Waals surface area (Å²) in [4.78, 5) is 23.8. The molecule has 0 saturated carbocycles. The molecule has 1 saturated heterocycles. The first kappa shape index (κ1) is 23.2. The molecule has 1 aromatic heterocycles. The predicted octanol–water partition coefficient (Wildman–Crippen LogP) is 4.22. The second-order valence-electron chi connectivity index (χ2n) is 8.69. The number of nitriles is 1. The van der Waals surface area contributed by atoms with Gasteiger partial charge in [-0.2, -0.15) is 10.2 Å². The topological polar surface area (TPSA) is 108 Å². The van der Waals surface area contributed by atoms with Gasteiger partial charge in [-0.1, -0.05) is 36.4 Å². The normalized spacial score (nSPS) is 18.7. The number of anilines is 2. The molecule has 4 rings (SSSR count). The van der Waals surface area contributed by atoms with Crippen molar-refractivity contribution in [3.8, 4) is 17.3 Å². The molecule has 174 valence electrons. The Kier molecular flexibility index (Phi) is 6.73. The molecule has 8 heteroatoms. The first-order valence-corrected chi connectivity index (χ1v) is 11.3. The van der Waals surface area contributed by atoms with Crippen LogP contribution in [0.3, 0.4) is 0 Å². The third-order valence-electron chi connectivity index (χ3n) is 6.32. The van der Waals surface area contributed by atoms with E-state index in [-0.39, 0.29) is 35.4 Å². The highest BCUT2D eigenvalue weighted by Gasteiger charge is 2.31. The molecule has 0 aliphatic carbocycles. The Bertz CT molecular complexity index is 1230. The number of rotatable bonds is 5. The molecular formula is C26H27FN6O. The number of aromatic nitrogens is 2. The fourth-order valence-corrected chi connectivity index (χ4v) is 4.31. The summed E-state index contributed by atoms with van der Waals surface area (Å²) in [7, 11) is 0. The largest absolute Gasteiger partial charge is 0.368 e. The van der Waals surface area contributed by atoms with E-state index in [1.807, 2.05) is 43.3 Å². The van der Waals surface area contributed by atoms with Gasteiger partial charge >= 0.3 is 0 Å². The second kappa shape index (κ2) is 9.87. The van der Waals surface area contributed by atoms with Crippen molar-refractivity contribution in [3.05, 3.63) is 71.5 Å². The predicted molar refractivity (Wildman–Crippen MR) is 129 cm³/mol. The van der Waals surface area contributed by atoms with Gasteiger partial charge in [-0.3, -0.25) is 4.79 Å². The Morgan fingerprint density at radius 2 is 1.97 bits per heavy atom. The van der Waals surface area contributed by atoms with Crippen LogP contribution < -0.4 is 16.0 Å². The molecule has 2 heterocycles. The summed E-state index contributed by atoms with van der Waals surface area (Å²) in [5, 5.41) is 12.1. The molecule has 3 N–H and O–H groups in total. The summed E-state index contributed by atoms with van der Waals surface area (Å²) >= 11 is 0. The highest BCUT2D eigenvalue weighted by molar-refractivity contribution is 5.80. The lowest BCUT2D eigenvalue weighted by molar-refractivity contribution is -0.126. The van der Waals surface area contributed by atoms with Crippen molar-refractivity contribution in [2.75, 3.05) is 17.2 Å². The smallest absolute Gasteiger partial charge is 0.225 e. The molecule has 3 aromatic rings. The van der Waals surface area contributed by atoms with Gasteiger partial charge in [0.05, 0.1) is 23.2 Å². The highest BCUT2D eigenvalue weighted by atomic mass is 19.1. The Morgan fingerprint density at radius 1 is 1.21 bits per heavy atom. The molecule has 0 spiro atoms. The molecule has 7 nitrogen and oxygen atoms in total. The lowest BCUT2D eigenvalue weighted by atomic mass is 9.92. The van der Waals surface area contributed by atoms with Crippen molar-refractivity contribution in [1.82, 2.24) is 15.3 Å². The average Bonchev–Trinajstić information content (AvgIpc) is 2.84. The average molecular weight is 459 g/mol. The number of nitrogens with two attached hydrogens (primary N) is 1. The molecule has 1 aliphatic heterocycles. The van der Waals surface area contributed by atoms with E-state index in [4.69, 9.17) is 11.0 Å². The van der Waals surface area contributed by atoms with E-state index in [0.717, 1.165) is 18.4 Å².